The number of amides is 1. The third-order valence-corrected chi connectivity index (χ3v) is 4.46. The van der Waals surface area contributed by atoms with Crippen LogP contribution in [-0.4, -0.2) is 48.9 Å². The number of nitrogens with zero attached hydrogens (tertiary/aromatic N) is 5. The molecular weight excluding hydrogens is 380 g/mol. The Morgan fingerprint density at radius 2 is 2.25 bits per heavy atom. The van der Waals surface area contributed by atoms with Gasteiger partial charge in [0.2, 0.25) is 5.91 Å². The van der Waals surface area contributed by atoms with Gasteiger partial charge in [0.25, 0.3) is 0 Å². The van der Waals surface area contributed by atoms with Crippen LogP contribution in [-0.2, 0) is 30.7 Å². The predicted molar refractivity (Wildman–Crippen MR) is 106 cm³/mol. The molecule has 0 aliphatic carbocycles. The number of pyridine rings is 1. The minimum Gasteiger partial charge on any atom is -0.356 e. The van der Waals surface area contributed by atoms with Crippen molar-refractivity contribution in [1.82, 2.24) is 40.6 Å². The van der Waals surface area contributed by atoms with Crippen molar-refractivity contribution in [1.29, 1.82) is 0 Å². The summed E-state index contributed by atoms with van der Waals surface area (Å²) < 4.78 is 2.02. The standard InChI is InChI=1S/C18H22N8O.ClH/c27-17(4-3-14-10-15-12-20-8-9-26(15)25-14)21-7-5-16-22-18(24-23-16)13-2-1-6-19-11-13;/h1-2,6,10-11,20H,3-5,7-9,12H2,(H,21,27)(H,22,23,24);1H. The fraction of sp³-hybridized carbons (Fsp3) is 0.389. The van der Waals surface area contributed by atoms with Crippen LogP contribution < -0.4 is 10.6 Å². The summed E-state index contributed by atoms with van der Waals surface area (Å²) in [7, 11) is 0. The van der Waals surface area contributed by atoms with Crippen LogP contribution in [0.1, 0.15) is 23.6 Å². The molecule has 3 aromatic heterocycles. The van der Waals surface area contributed by atoms with Crippen LogP contribution in [0.5, 0.6) is 0 Å². The van der Waals surface area contributed by atoms with E-state index in [1.807, 2.05) is 16.8 Å². The van der Waals surface area contributed by atoms with Crippen LogP contribution in [0, 0.1) is 0 Å². The first kappa shape index (κ1) is 20.0. The van der Waals surface area contributed by atoms with Crippen LogP contribution in [0.4, 0.5) is 0 Å². The number of carbonyl (C=O) groups is 1. The molecule has 1 aliphatic heterocycles. The topological polar surface area (TPSA) is 113 Å². The molecule has 28 heavy (non-hydrogen) atoms. The molecule has 1 amide bonds. The first-order chi connectivity index (χ1) is 13.3. The van der Waals surface area contributed by atoms with Crippen LogP contribution in [0.3, 0.4) is 0 Å². The van der Waals surface area contributed by atoms with Crippen molar-refractivity contribution >= 4 is 18.3 Å². The van der Waals surface area contributed by atoms with Gasteiger partial charge >= 0.3 is 0 Å². The molecule has 0 bridgehead atoms. The third kappa shape index (κ3) is 4.93. The predicted octanol–water partition coefficient (Wildman–Crippen LogP) is 0.880. The first-order valence-electron chi connectivity index (χ1n) is 9.12. The molecule has 0 spiro atoms. The summed E-state index contributed by atoms with van der Waals surface area (Å²) >= 11 is 0. The molecule has 0 saturated carbocycles. The quantitative estimate of drug-likeness (QED) is 0.540. The number of aryl methyl sites for hydroxylation is 1. The number of hydrogen-bond acceptors (Lipinski definition) is 6. The lowest BCUT2D eigenvalue weighted by molar-refractivity contribution is -0.121. The van der Waals surface area contributed by atoms with Crippen molar-refractivity contribution in [2.75, 3.05) is 13.1 Å². The second-order valence-corrected chi connectivity index (χ2v) is 6.47. The van der Waals surface area contributed by atoms with E-state index in [0.717, 1.165) is 36.7 Å². The number of carbonyl (C=O) groups excluding carboxylic acids is 1. The van der Waals surface area contributed by atoms with Gasteiger partial charge in [0.05, 0.1) is 17.9 Å². The molecule has 0 unspecified atom stereocenters. The van der Waals surface area contributed by atoms with Crippen LogP contribution in [0.25, 0.3) is 11.4 Å². The molecule has 10 heteroatoms. The van der Waals surface area contributed by atoms with Crippen molar-refractivity contribution in [3.63, 3.8) is 0 Å². The molecule has 0 atom stereocenters. The van der Waals surface area contributed by atoms with E-state index in [9.17, 15) is 4.79 Å². The summed E-state index contributed by atoms with van der Waals surface area (Å²) in [5, 5.41) is 17.9. The Bertz CT molecular complexity index is 884. The van der Waals surface area contributed by atoms with Crippen LogP contribution in [0.15, 0.2) is 30.6 Å². The smallest absolute Gasteiger partial charge is 0.220 e. The lowest BCUT2D eigenvalue weighted by Crippen LogP contribution is -2.28. The normalized spacial score (nSPS) is 12.9. The summed E-state index contributed by atoms with van der Waals surface area (Å²) in [6.45, 7) is 3.19. The van der Waals surface area contributed by atoms with Crippen LogP contribution in [0.2, 0.25) is 0 Å². The van der Waals surface area contributed by atoms with Crippen molar-refractivity contribution in [3.05, 3.63) is 47.8 Å². The van der Waals surface area contributed by atoms with E-state index in [0.29, 0.717) is 31.6 Å². The van der Waals surface area contributed by atoms with Gasteiger partial charge in [0.15, 0.2) is 5.82 Å². The van der Waals surface area contributed by atoms with Gasteiger partial charge in [0, 0.05) is 56.9 Å². The molecule has 1 aliphatic rings. The molecule has 4 heterocycles. The monoisotopic (exact) mass is 402 g/mol. The largest absolute Gasteiger partial charge is 0.356 e. The molecule has 4 rings (SSSR count). The molecule has 0 aromatic carbocycles. The van der Waals surface area contributed by atoms with Gasteiger partial charge in [-0.05, 0) is 18.2 Å². The Kier molecular flexibility index (Phi) is 6.72. The summed E-state index contributed by atoms with van der Waals surface area (Å²) in [6.07, 6.45) is 5.12. The van der Waals surface area contributed by atoms with E-state index in [-0.39, 0.29) is 18.3 Å². The van der Waals surface area contributed by atoms with E-state index in [1.54, 1.807) is 12.4 Å². The molecular formula is C18H23ClN8O. The Hall–Kier alpha value is -2.78. The van der Waals surface area contributed by atoms with E-state index in [4.69, 9.17) is 0 Å². The Morgan fingerprint density at radius 3 is 3.07 bits per heavy atom. The molecule has 0 fully saturated rings. The summed E-state index contributed by atoms with van der Waals surface area (Å²) in [5.41, 5.74) is 3.02. The van der Waals surface area contributed by atoms with Gasteiger partial charge in [-0.15, -0.1) is 12.4 Å². The molecule has 9 nitrogen and oxygen atoms in total. The number of aromatic amines is 1. The minimum absolute atomic E-state index is 0. The molecule has 148 valence electrons. The van der Waals surface area contributed by atoms with Gasteiger partial charge in [-0.3, -0.25) is 19.6 Å². The second-order valence-electron chi connectivity index (χ2n) is 6.47. The molecule has 0 radical (unpaired) electrons. The number of rotatable bonds is 7. The van der Waals surface area contributed by atoms with E-state index >= 15 is 0 Å². The maximum atomic E-state index is 12.1. The minimum atomic E-state index is 0. The number of aromatic nitrogens is 6. The molecule has 0 saturated heterocycles. The van der Waals surface area contributed by atoms with Gasteiger partial charge in [0.1, 0.15) is 5.82 Å². The highest BCUT2D eigenvalue weighted by Crippen LogP contribution is 2.12. The third-order valence-electron chi connectivity index (χ3n) is 4.46. The zero-order valence-electron chi connectivity index (χ0n) is 15.4. The average Bonchev–Trinajstić information content (AvgIpc) is 3.34. The maximum absolute atomic E-state index is 12.1. The van der Waals surface area contributed by atoms with Gasteiger partial charge in [-0.25, -0.2) is 4.98 Å². The van der Waals surface area contributed by atoms with Crippen LogP contribution >= 0.6 is 12.4 Å². The number of nitrogens with one attached hydrogen (secondary N) is 3. The lowest BCUT2D eigenvalue weighted by Gasteiger charge is -2.13. The lowest BCUT2D eigenvalue weighted by atomic mass is 10.2. The zero-order chi connectivity index (χ0) is 18.5. The van der Waals surface area contributed by atoms with Crippen molar-refractivity contribution in [3.8, 4) is 11.4 Å². The zero-order valence-corrected chi connectivity index (χ0v) is 16.2. The summed E-state index contributed by atoms with van der Waals surface area (Å²) in [4.78, 5) is 20.6. The van der Waals surface area contributed by atoms with Gasteiger partial charge in [-0.2, -0.15) is 10.2 Å². The number of fused-ring (bicyclic) bond motifs is 1. The molecule has 3 N–H and O–H groups in total. The number of halogens is 1. The fourth-order valence-corrected chi connectivity index (χ4v) is 3.06. The van der Waals surface area contributed by atoms with Crippen molar-refractivity contribution in [2.24, 2.45) is 0 Å². The maximum Gasteiger partial charge on any atom is 0.220 e. The summed E-state index contributed by atoms with van der Waals surface area (Å²) in [5.74, 6) is 1.37. The SMILES string of the molecule is Cl.O=C(CCc1cc2n(n1)CCNC2)NCCc1nc(-c2cccnc2)n[nH]1. The van der Waals surface area contributed by atoms with E-state index in [2.05, 4.69) is 42.0 Å². The number of H-pyrrole nitrogens is 1. The second kappa shape index (κ2) is 9.43. The van der Waals surface area contributed by atoms with Gasteiger partial charge < -0.3 is 10.6 Å². The highest BCUT2D eigenvalue weighted by atomic mass is 35.5. The fourth-order valence-electron chi connectivity index (χ4n) is 3.06. The highest BCUT2D eigenvalue weighted by molar-refractivity contribution is 5.85. The average molecular weight is 403 g/mol. The summed E-state index contributed by atoms with van der Waals surface area (Å²) in [6, 6.07) is 5.83. The Balaban J connectivity index is 0.00000225. The van der Waals surface area contributed by atoms with Crippen molar-refractivity contribution < 1.29 is 4.79 Å². The number of hydrogen-bond donors (Lipinski definition) is 3. The first-order valence-corrected chi connectivity index (χ1v) is 9.12. The van der Waals surface area contributed by atoms with E-state index < -0.39 is 0 Å². The highest BCUT2D eigenvalue weighted by Gasteiger charge is 2.12. The van der Waals surface area contributed by atoms with Gasteiger partial charge in [-0.1, -0.05) is 0 Å². The Morgan fingerprint density at radius 1 is 1.32 bits per heavy atom. The van der Waals surface area contributed by atoms with Crippen molar-refractivity contribution in [2.45, 2.75) is 32.4 Å². The molecule has 3 aromatic rings. The van der Waals surface area contributed by atoms with E-state index in [1.165, 1.54) is 5.69 Å². The Labute approximate surface area is 168 Å².